The molecular weight excluding hydrogens is 240 g/mol. The summed E-state index contributed by atoms with van der Waals surface area (Å²) in [6, 6.07) is -0.0603. The number of rotatable bonds is 2. The lowest BCUT2D eigenvalue weighted by Gasteiger charge is -2.47. The highest BCUT2D eigenvalue weighted by Gasteiger charge is 2.42. The number of piperazine rings is 1. The average molecular weight is 266 g/mol. The molecule has 0 bridgehead atoms. The zero-order valence-electron chi connectivity index (χ0n) is 12.5. The summed E-state index contributed by atoms with van der Waals surface area (Å²) in [4.78, 5) is 26.3. The smallest absolute Gasteiger partial charge is 0.243 e. The molecule has 2 rings (SSSR count). The molecule has 2 amide bonds. The van der Waals surface area contributed by atoms with Crippen LogP contribution in [0.5, 0.6) is 0 Å². The van der Waals surface area contributed by atoms with E-state index in [0.29, 0.717) is 0 Å². The Bertz CT molecular complexity index is 376. The average Bonchev–Trinajstić information content (AvgIpc) is 2.30. The van der Waals surface area contributed by atoms with E-state index >= 15 is 0 Å². The van der Waals surface area contributed by atoms with Gasteiger partial charge in [0.1, 0.15) is 6.04 Å². The monoisotopic (exact) mass is 266 g/mol. The number of hydrogen-bond acceptors (Lipinski definition) is 2. The molecule has 1 heterocycles. The summed E-state index contributed by atoms with van der Waals surface area (Å²) in [6.07, 6.45) is 4.40. The molecule has 2 atom stereocenters. The standard InChI is InChI=1S/C15H26N2O2/c1-10(2)13-14(19)16-9-12(18)17(13)11-6-5-7-15(3,4)8-11/h10-11,13H,5-9H2,1-4H3,(H,16,19). The van der Waals surface area contributed by atoms with Gasteiger partial charge in [0.2, 0.25) is 11.8 Å². The Morgan fingerprint density at radius 2 is 2.00 bits per heavy atom. The fourth-order valence-corrected chi connectivity index (χ4v) is 3.59. The maximum atomic E-state index is 12.3. The molecule has 0 aromatic heterocycles. The fourth-order valence-electron chi connectivity index (χ4n) is 3.59. The Morgan fingerprint density at radius 3 is 2.58 bits per heavy atom. The number of carbonyl (C=O) groups excluding carboxylic acids is 2. The van der Waals surface area contributed by atoms with Crippen molar-refractivity contribution >= 4 is 11.8 Å². The number of carbonyl (C=O) groups is 2. The van der Waals surface area contributed by atoms with E-state index in [1.165, 1.54) is 6.42 Å². The van der Waals surface area contributed by atoms with Crippen LogP contribution in [0.25, 0.3) is 0 Å². The van der Waals surface area contributed by atoms with Crippen molar-refractivity contribution in [3.8, 4) is 0 Å². The van der Waals surface area contributed by atoms with E-state index in [1.807, 2.05) is 18.7 Å². The Balaban J connectivity index is 2.22. The Kier molecular flexibility index (Phi) is 3.88. The third-order valence-electron chi connectivity index (χ3n) is 4.47. The van der Waals surface area contributed by atoms with E-state index < -0.39 is 0 Å². The van der Waals surface area contributed by atoms with Crippen LogP contribution >= 0.6 is 0 Å². The summed E-state index contributed by atoms with van der Waals surface area (Å²) >= 11 is 0. The minimum Gasteiger partial charge on any atom is -0.345 e. The van der Waals surface area contributed by atoms with E-state index in [2.05, 4.69) is 19.2 Å². The third kappa shape index (κ3) is 2.93. The molecule has 4 nitrogen and oxygen atoms in total. The molecule has 4 heteroatoms. The van der Waals surface area contributed by atoms with Crippen molar-refractivity contribution in [1.82, 2.24) is 10.2 Å². The lowest BCUT2D eigenvalue weighted by atomic mass is 9.74. The van der Waals surface area contributed by atoms with Gasteiger partial charge < -0.3 is 10.2 Å². The van der Waals surface area contributed by atoms with Gasteiger partial charge in [-0.15, -0.1) is 0 Å². The van der Waals surface area contributed by atoms with Crippen LogP contribution < -0.4 is 5.32 Å². The highest BCUT2D eigenvalue weighted by Crippen LogP contribution is 2.38. The quantitative estimate of drug-likeness (QED) is 0.830. The van der Waals surface area contributed by atoms with E-state index in [9.17, 15) is 9.59 Å². The van der Waals surface area contributed by atoms with Crippen molar-refractivity contribution in [3.05, 3.63) is 0 Å². The molecule has 0 aromatic rings. The van der Waals surface area contributed by atoms with Crippen LogP contribution in [0.15, 0.2) is 0 Å². The number of nitrogens with one attached hydrogen (secondary N) is 1. The molecule has 1 N–H and O–H groups in total. The summed E-state index contributed by atoms with van der Waals surface area (Å²) in [5, 5.41) is 2.72. The molecular formula is C15H26N2O2. The summed E-state index contributed by atoms with van der Waals surface area (Å²) in [7, 11) is 0. The maximum Gasteiger partial charge on any atom is 0.243 e. The normalized spacial score (nSPS) is 31.5. The molecule has 1 aliphatic carbocycles. The van der Waals surface area contributed by atoms with Crippen molar-refractivity contribution in [3.63, 3.8) is 0 Å². The van der Waals surface area contributed by atoms with Crippen molar-refractivity contribution in [1.29, 1.82) is 0 Å². The first-order valence-corrected chi connectivity index (χ1v) is 7.41. The highest BCUT2D eigenvalue weighted by molar-refractivity contribution is 5.95. The van der Waals surface area contributed by atoms with Gasteiger partial charge in [0, 0.05) is 6.04 Å². The van der Waals surface area contributed by atoms with E-state index in [0.717, 1.165) is 19.3 Å². The Labute approximate surface area is 115 Å². The number of nitrogens with zero attached hydrogens (tertiary/aromatic N) is 1. The van der Waals surface area contributed by atoms with Crippen LogP contribution in [0.2, 0.25) is 0 Å². The van der Waals surface area contributed by atoms with E-state index in [1.54, 1.807) is 0 Å². The van der Waals surface area contributed by atoms with Crippen molar-refractivity contribution in [2.75, 3.05) is 6.54 Å². The molecule has 1 saturated heterocycles. The van der Waals surface area contributed by atoms with Gasteiger partial charge in [-0.25, -0.2) is 0 Å². The molecule has 2 fully saturated rings. The first kappa shape index (κ1) is 14.4. The third-order valence-corrected chi connectivity index (χ3v) is 4.47. The van der Waals surface area contributed by atoms with Gasteiger partial charge in [-0.05, 0) is 30.6 Å². The van der Waals surface area contributed by atoms with Gasteiger partial charge in [0.05, 0.1) is 6.54 Å². The van der Waals surface area contributed by atoms with Crippen molar-refractivity contribution in [2.24, 2.45) is 11.3 Å². The van der Waals surface area contributed by atoms with Crippen LogP contribution in [0.3, 0.4) is 0 Å². The van der Waals surface area contributed by atoms with Gasteiger partial charge in [-0.3, -0.25) is 9.59 Å². The molecule has 0 aromatic carbocycles. The number of amides is 2. The van der Waals surface area contributed by atoms with Crippen LogP contribution in [0, 0.1) is 11.3 Å². The second-order valence-corrected chi connectivity index (χ2v) is 7.12. The first-order chi connectivity index (χ1) is 8.82. The largest absolute Gasteiger partial charge is 0.345 e. The van der Waals surface area contributed by atoms with Crippen LogP contribution in [0.4, 0.5) is 0 Å². The summed E-state index contributed by atoms with van der Waals surface area (Å²) in [6.45, 7) is 8.72. The van der Waals surface area contributed by atoms with Crippen molar-refractivity contribution in [2.45, 2.75) is 65.5 Å². The fraction of sp³-hybridized carbons (Fsp3) is 0.867. The minimum atomic E-state index is -0.292. The van der Waals surface area contributed by atoms with Gasteiger partial charge in [0.25, 0.3) is 0 Å². The first-order valence-electron chi connectivity index (χ1n) is 7.41. The summed E-state index contributed by atoms with van der Waals surface area (Å²) < 4.78 is 0. The predicted octanol–water partition coefficient (Wildman–Crippen LogP) is 1.94. The zero-order valence-corrected chi connectivity index (χ0v) is 12.5. The van der Waals surface area contributed by atoms with Gasteiger partial charge in [0.15, 0.2) is 0 Å². The molecule has 0 spiro atoms. The second kappa shape index (κ2) is 5.14. The molecule has 2 aliphatic rings. The van der Waals surface area contributed by atoms with Crippen LogP contribution in [0.1, 0.15) is 53.4 Å². The lowest BCUT2D eigenvalue weighted by Crippen LogP contribution is -2.64. The molecule has 108 valence electrons. The Morgan fingerprint density at radius 1 is 1.32 bits per heavy atom. The second-order valence-electron chi connectivity index (χ2n) is 7.12. The Hall–Kier alpha value is -1.06. The van der Waals surface area contributed by atoms with Gasteiger partial charge in [-0.2, -0.15) is 0 Å². The predicted molar refractivity (Wildman–Crippen MR) is 74.5 cm³/mol. The van der Waals surface area contributed by atoms with E-state index in [4.69, 9.17) is 0 Å². The molecule has 2 unspecified atom stereocenters. The van der Waals surface area contributed by atoms with Crippen LogP contribution in [-0.4, -0.2) is 35.3 Å². The van der Waals surface area contributed by atoms with Crippen molar-refractivity contribution < 1.29 is 9.59 Å². The zero-order chi connectivity index (χ0) is 14.2. The minimum absolute atomic E-state index is 0.0120. The molecule has 1 saturated carbocycles. The molecule has 0 radical (unpaired) electrons. The van der Waals surface area contributed by atoms with Gasteiger partial charge in [-0.1, -0.05) is 34.1 Å². The molecule has 1 aliphatic heterocycles. The topological polar surface area (TPSA) is 49.4 Å². The van der Waals surface area contributed by atoms with E-state index in [-0.39, 0.29) is 41.8 Å². The number of hydrogen-bond donors (Lipinski definition) is 1. The van der Waals surface area contributed by atoms with Gasteiger partial charge >= 0.3 is 0 Å². The lowest BCUT2D eigenvalue weighted by molar-refractivity contribution is -0.152. The summed E-state index contributed by atoms with van der Waals surface area (Å²) in [5.74, 6) is 0.258. The molecule has 19 heavy (non-hydrogen) atoms. The summed E-state index contributed by atoms with van der Waals surface area (Å²) in [5.41, 5.74) is 0.276. The SMILES string of the molecule is CC(C)C1C(=O)NCC(=O)N1C1CCCC(C)(C)C1. The maximum absolute atomic E-state index is 12.3. The van der Waals surface area contributed by atoms with Crippen LogP contribution in [-0.2, 0) is 9.59 Å². The highest BCUT2D eigenvalue weighted by atomic mass is 16.2.